The summed E-state index contributed by atoms with van der Waals surface area (Å²) in [4.78, 5) is 5.78. The van der Waals surface area contributed by atoms with Crippen molar-refractivity contribution in [3.63, 3.8) is 0 Å². The lowest BCUT2D eigenvalue weighted by atomic mass is 9.85. The van der Waals surface area contributed by atoms with Crippen LogP contribution in [-0.4, -0.2) is 50.8 Å². The van der Waals surface area contributed by atoms with Crippen LogP contribution in [0.1, 0.15) is 37.3 Å². The smallest absolute Gasteiger partial charge is 0.354 e. The van der Waals surface area contributed by atoms with Crippen LogP contribution in [0.2, 0.25) is 0 Å². The molecule has 0 heterocycles. The molecule has 1 aromatic carbocycles. The zero-order valence-corrected chi connectivity index (χ0v) is 19.0. The SMILES string of the molecule is CN=C(NCC(c1c(F)cccc1F)N(C)C)NC1CCC(C(F)(F)F)CC1.I. The van der Waals surface area contributed by atoms with Crippen LogP contribution in [0, 0.1) is 17.6 Å². The molecule has 2 N–H and O–H groups in total. The number of hydrogen-bond donors (Lipinski definition) is 2. The highest BCUT2D eigenvalue weighted by atomic mass is 127. The molecule has 1 unspecified atom stereocenters. The van der Waals surface area contributed by atoms with Crippen LogP contribution in [0.4, 0.5) is 22.0 Å². The molecule has 1 aliphatic carbocycles. The molecule has 29 heavy (non-hydrogen) atoms. The van der Waals surface area contributed by atoms with Gasteiger partial charge in [-0.25, -0.2) is 8.78 Å². The number of rotatable bonds is 5. The van der Waals surface area contributed by atoms with E-state index in [2.05, 4.69) is 15.6 Å². The fourth-order valence-corrected chi connectivity index (χ4v) is 3.52. The van der Waals surface area contributed by atoms with Gasteiger partial charge in [-0.1, -0.05) is 6.07 Å². The minimum atomic E-state index is -4.15. The average molecular weight is 534 g/mol. The summed E-state index contributed by atoms with van der Waals surface area (Å²) in [6.07, 6.45) is -3.20. The minimum Gasteiger partial charge on any atom is -0.354 e. The van der Waals surface area contributed by atoms with Crippen LogP contribution in [0.5, 0.6) is 0 Å². The first-order chi connectivity index (χ1) is 13.1. The van der Waals surface area contributed by atoms with E-state index in [1.807, 2.05) is 0 Å². The van der Waals surface area contributed by atoms with Crippen molar-refractivity contribution < 1.29 is 22.0 Å². The molecule has 1 fully saturated rings. The van der Waals surface area contributed by atoms with Gasteiger partial charge in [-0.2, -0.15) is 13.2 Å². The first-order valence-electron chi connectivity index (χ1n) is 9.27. The number of hydrogen-bond acceptors (Lipinski definition) is 2. The van der Waals surface area contributed by atoms with Crippen molar-refractivity contribution in [3.8, 4) is 0 Å². The van der Waals surface area contributed by atoms with E-state index in [1.165, 1.54) is 18.2 Å². The summed E-state index contributed by atoms with van der Waals surface area (Å²) in [7, 11) is 4.98. The zero-order valence-electron chi connectivity index (χ0n) is 16.7. The van der Waals surface area contributed by atoms with Crippen molar-refractivity contribution >= 4 is 29.9 Å². The maximum Gasteiger partial charge on any atom is 0.391 e. The minimum absolute atomic E-state index is 0. The lowest BCUT2D eigenvalue weighted by Crippen LogP contribution is -2.47. The summed E-state index contributed by atoms with van der Waals surface area (Å²) in [6, 6.07) is 3.03. The molecule has 1 saturated carbocycles. The molecule has 1 atom stereocenters. The molecular formula is C19H28F5IN4. The van der Waals surface area contributed by atoms with Gasteiger partial charge in [0, 0.05) is 25.2 Å². The average Bonchev–Trinajstić information content (AvgIpc) is 2.62. The van der Waals surface area contributed by atoms with E-state index in [0.29, 0.717) is 18.8 Å². The zero-order chi connectivity index (χ0) is 20.9. The second kappa shape index (κ2) is 11.3. The summed E-state index contributed by atoms with van der Waals surface area (Å²) in [5, 5.41) is 6.15. The van der Waals surface area contributed by atoms with Crippen molar-refractivity contribution in [2.45, 2.75) is 43.9 Å². The van der Waals surface area contributed by atoms with E-state index in [1.54, 1.807) is 26.0 Å². The number of alkyl halides is 3. The Kier molecular flexibility index (Phi) is 10.1. The molecular weight excluding hydrogens is 506 g/mol. The van der Waals surface area contributed by atoms with E-state index >= 15 is 0 Å². The maximum atomic E-state index is 14.1. The number of likely N-dealkylation sites (N-methyl/N-ethyl adjacent to an activating group) is 1. The van der Waals surface area contributed by atoms with Crippen LogP contribution in [-0.2, 0) is 0 Å². The standard InChI is InChI=1S/C19H27F5N4.HI/c1-25-18(27-13-9-7-12(8-10-13)19(22,23)24)26-11-16(28(2)3)17-14(20)5-4-6-15(17)21;/h4-6,12-13,16H,7-11H2,1-3H3,(H2,25,26,27);1H. The van der Waals surface area contributed by atoms with E-state index in [4.69, 9.17) is 0 Å². The fourth-order valence-electron chi connectivity index (χ4n) is 3.52. The highest BCUT2D eigenvalue weighted by Crippen LogP contribution is 2.37. The van der Waals surface area contributed by atoms with Crippen LogP contribution in [0.15, 0.2) is 23.2 Å². The van der Waals surface area contributed by atoms with E-state index in [9.17, 15) is 22.0 Å². The Morgan fingerprint density at radius 3 is 2.14 bits per heavy atom. The lowest BCUT2D eigenvalue weighted by Gasteiger charge is -2.32. The summed E-state index contributed by atoms with van der Waals surface area (Å²) in [6.45, 7) is 0.183. The summed E-state index contributed by atoms with van der Waals surface area (Å²) >= 11 is 0. The Hall–Kier alpha value is -1.17. The fraction of sp³-hybridized carbons (Fsp3) is 0.632. The van der Waals surface area contributed by atoms with Crippen molar-refractivity contribution in [2.24, 2.45) is 10.9 Å². The Morgan fingerprint density at radius 1 is 1.14 bits per heavy atom. The van der Waals surface area contributed by atoms with E-state index in [-0.39, 0.29) is 55.0 Å². The molecule has 0 radical (unpaired) electrons. The molecule has 1 aliphatic rings. The summed E-state index contributed by atoms with van der Waals surface area (Å²) in [5.74, 6) is -2.11. The Bertz CT molecular complexity index is 653. The van der Waals surface area contributed by atoms with Crippen molar-refractivity contribution in [1.82, 2.24) is 15.5 Å². The van der Waals surface area contributed by atoms with Gasteiger partial charge in [-0.15, -0.1) is 24.0 Å². The number of benzene rings is 1. The number of aliphatic imine (C=N–C) groups is 1. The highest BCUT2D eigenvalue weighted by Gasteiger charge is 2.41. The first-order valence-corrected chi connectivity index (χ1v) is 9.27. The molecule has 166 valence electrons. The number of nitrogens with one attached hydrogen (secondary N) is 2. The normalized spacial score (nSPS) is 21.5. The molecule has 10 heteroatoms. The van der Waals surface area contributed by atoms with Gasteiger partial charge < -0.3 is 15.5 Å². The predicted molar refractivity (Wildman–Crippen MR) is 114 cm³/mol. The predicted octanol–water partition coefficient (Wildman–Crippen LogP) is 4.47. The van der Waals surface area contributed by atoms with Gasteiger partial charge in [0.25, 0.3) is 0 Å². The van der Waals surface area contributed by atoms with Crippen LogP contribution in [0.25, 0.3) is 0 Å². The summed E-state index contributed by atoms with van der Waals surface area (Å²) in [5.41, 5.74) is -0.0406. The van der Waals surface area contributed by atoms with E-state index < -0.39 is 29.8 Å². The molecule has 1 aromatic rings. The third-order valence-corrected chi connectivity index (χ3v) is 5.17. The third kappa shape index (κ3) is 7.23. The second-order valence-electron chi connectivity index (χ2n) is 7.30. The van der Waals surface area contributed by atoms with Crippen LogP contribution < -0.4 is 10.6 Å². The molecule has 2 rings (SSSR count). The van der Waals surface area contributed by atoms with Gasteiger partial charge >= 0.3 is 6.18 Å². The van der Waals surface area contributed by atoms with Crippen molar-refractivity contribution in [2.75, 3.05) is 27.7 Å². The molecule has 0 saturated heterocycles. The molecule has 0 aliphatic heterocycles. The van der Waals surface area contributed by atoms with Crippen LogP contribution >= 0.6 is 24.0 Å². The lowest BCUT2D eigenvalue weighted by molar-refractivity contribution is -0.182. The maximum absolute atomic E-state index is 14.1. The molecule has 0 bridgehead atoms. The largest absolute Gasteiger partial charge is 0.391 e. The van der Waals surface area contributed by atoms with Crippen LogP contribution in [0.3, 0.4) is 0 Å². The molecule has 0 aromatic heterocycles. The van der Waals surface area contributed by atoms with Crippen molar-refractivity contribution in [1.29, 1.82) is 0 Å². The highest BCUT2D eigenvalue weighted by molar-refractivity contribution is 14.0. The second-order valence-corrected chi connectivity index (χ2v) is 7.30. The van der Waals surface area contributed by atoms with Gasteiger partial charge in [0.05, 0.1) is 12.0 Å². The van der Waals surface area contributed by atoms with Gasteiger partial charge in [-0.3, -0.25) is 4.99 Å². The third-order valence-electron chi connectivity index (χ3n) is 5.17. The van der Waals surface area contributed by atoms with Gasteiger partial charge in [0.1, 0.15) is 11.6 Å². The monoisotopic (exact) mass is 534 g/mol. The van der Waals surface area contributed by atoms with Gasteiger partial charge in [0.15, 0.2) is 5.96 Å². The number of guanidine groups is 1. The summed E-state index contributed by atoms with van der Waals surface area (Å²) < 4.78 is 66.6. The Morgan fingerprint density at radius 2 is 1.69 bits per heavy atom. The molecule has 4 nitrogen and oxygen atoms in total. The molecule has 0 amide bonds. The van der Waals surface area contributed by atoms with E-state index in [0.717, 1.165) is 0 Å². The van der Waals surface area contributed by atoms with Gasteiger partial charge in [-0.05, 0) is 51.9 Å². The topological polar surface area (TPSA) is 39.7 Å². The van der Waals surface area contributed by atoms with Gasteiger partial charge in [0.2, 0.25) is 0 Å². The molecule has 0 spiro atoms. The first kappa shape index (κ1) is 25.9. The Labute approximate surface area is 185 Å². The Balaban J connectivity index is 0.00000420. The van der Waals surface area contributed by atoms with Crippen molar-refractivity contribution in [3.05, 3.63) is 35.4 Å². The quantitative estimate of drug-likeness (QED) is 0.254. The number of halogens is 6. The number of nitrogens with zero attached hydrogens (tertiary/aromatic N) is 2.